The number of urea groups is 1. The Labute approximate surface area is 132 Å². The van der Waals surface area contributed by atoms with Gasteiger partial charge < -0.3 is 15.1 Å². The monoisotopic (exact) mass is 329 g/mol. The summed E-state index contributed by atoms with van der Waals surface area (Å²) >= 11 is 0. The normalized spacial score (nSPS) is 15.2. The number of carbonyl (C=O) groups is 2. The first kappa shape index (κ1) is 17.1. The summed E-state index contributed by atoms with van der Waals surface area (Å²) in [6, 6.07) is 4.82. The fraction of sp³-hybridized carbons (Fsp3) is 0.467. The van der Waals surface area contributed by atoms with Crippen LogP contribution in [0.1, 0.15) is 11.1 Å². The molecule has 1 saturated heterocycles. The fourth-order valence-electron chi connectivity index (χ4n) is 2.33. The second-order valence-corrected chi connectivity index (χ2v) is 5.42. The molecule has 0 aliphatic carbocycles. The van der Waals surface area contributed by atoms with Gasteiger partial charge in [0.15, 0.2) is 0 Å². The number of benzene rings is 1. The number of amides is 3. The Kier molecular flexibility index (Phi) is 5.12. The summed E-state index contributed by atoms with van der Waals surface area (Å²) in [6.07, 6.45) is -4.08. The Morgan fingerprint density at radius 3 is 2.65 bits per heavy atom. The van der Waals surface area contributed by atoms with E-state index in [0.29, 0.717) is 25.1 Å². The average Bonchev–Trinajstić information content (AvgIpc) is 2.79. The minimum absolute atomic E-state index is 0.0359. The van der Waals surface area contributed by atoms with Crippen LogP contribution in [0.25, 0.3) is 0 Å². The molecule has 3 amide bonds. The molecule has 0 spiro atoms. The maximum atomic E-state index is 12.6. The van der Waals surface area contributed by atoms with Gasteiger partial charge >= 0.3 is 12.2 Å². The van der Waals surface area contributed by atoms with Gasteiger partial charge in [-0.05, 0) is 18.1 Å². The van der Waals surface area contributed by atoms with Crippen molar-refractivity contribution < 1.29 is 22.8 Å². The van der Waals surface area contributed by atoms with E-state index in [4.69, 9.17) is 0 Å². The zero-order valence-corrected chi connectivity index (χ0v) is 12.7. The van der Waals surface area contributed by atoms with E-state index in [1.54, 1.807) is 13.1 Å². The minimum Gasteiger partial charge on any atom is -0.354 e. The number of likely N-dealkylation sites (N-methyl/N-ethyl adjacent to an activating group) is 1. The fourth-order valence-corrected chi connectivity index (χ4v) is 2.33. The molecule has 0 atom stereocenters. The van der Waals surface area contributed by atoms with Gasteiger partial charge in [0.2, 0.25) is 5.91 Å². The van der Waals surface area contributed by atoms with Crippen LogP contribution in [0, 0.1) is 0 Å². The van der Waals surface area contributed by atoms with Crippen molar-refractivity contribution in [1.82, 2.24) is 15.1 Å². The number of carbonyl (C=O) groups excluding carboxylic acids is 2. The lowest BCUT2D eigenvalue weighted by Crippen LogP contribution is -2.39. The Balaban J connectivity index is 1.79. The SMILES string of the molecule is CN1CCN(CC(=O)NCCc2cccc(C(F)(F)F)c2)C1=O. The van der Waals surface area contributed by atoms with Gasteiger partial charge in [-0.25, -0.2) is 4.79 Å². The molecule has 1 aromatic carbocycles. The van der Waals surface area contributed by atoms with Crippen molar-refractivity contribution in [3.05, 3.63) is 35.4 Å². The quantitative estimate of drug-likeness (QED) is 0.894. The van der Waals surface area contributed by atoms with Crippen LogP contribution in [0.15, 0.2) is 24.3 Å². The highest BCUT2D eigenvalue weighted by Gasteiger charge is 2.30. The average molecular weight is 329 g/mol. The topological polar surface area (TPSA) is 52.6 Å². The molecule has 5 nitrogen and oxygen atoms in total. The zero-order valence-electron chi connectivity index (χ0n) is 12.7. The van der Waals surface area contributed by atoms with E-state index in [1.165, 1.54) is 15.9 Å². The summed E-state index contributed by atoms with van der Waals surface area (Å²) in [6.45, 7) is 1.26. The zero-order chi connectivity index (χ0) is 17.0. The van der Waals surface area contributed by atoms with Crippen molar-refractivity contribution in [2.45, 2.75) is 12.6 Å². The predicted molar refractivity (Wildman–Crippen MR) is 77.8 cm³/mol. The molecule has 0 saturated carbocycles. The lowest BCUT2D eigenvalue weighted by Gasteiger charge is -2.15. The van der Waals surface area contributed by atoms with E-state index in [9.17, 15) is 22.8 Å². The van der Waals surface area contributed by atoms with Crippen molar-refractivity contribution in [1.29, 1.82) is 0 Å². The number of nitrogens with zero attached hydrogens (tertiary/aromatic N) is 2. The highest BCUT2D eigenvalue weighted by molar-refractivity contribution is 5.84. The van der Waals surface area contributed by atoms with E-state index in [0.717, 1.165) is 12.1 Å². The number of hydrogen-bond acceptors (Lipinski definition) is 2. The molecular formula is C15H18F3N3O2. The largest absolute Gasteiger partial charge is 0.416 e. The molecule has 0 radical (unpaired) electrons. The van der Waals surface area contributed by atoms with Crippen molar-refractivity contribution in [3.8, 4) is 0 Å². The summed E-state index contributed by atoms with van der Waals surface area (Å²) in [4.78, 5) is 26.4. The lowest BCUT2D eigenvalue weighted by atomic mass is 10.1. The molecule has 1 N–H and O–H groups in total. The Morgan fingerprint density at radius 2 is 2.04 bits per heavy atom. The summed E-state index contributed by atoms with van der Waals surface area (Å²) in [5.74, 6) is -0.319. The minimum atomic E-state index is -4.37. The molecule has 1 fully saturated rings. The Bertz CT molecular complexity index is 590. The molecule has 0 aromatic heterocycles. The molecule has 0 bridgehead atoms. The van der Waals surface area contributed by atoms with Gasteiger partial charge in [0.1, 0.15) is 6.54 Å². The van der Waals surface area contributed by atoms with Gasteiger partial charge in [-0.3, -0.25) is 4.79 Å². The summed E-state index contributed by atoms with van der Waals surface area (Å²) in [5, 5.41) is 2.62. The molecule has 1 heterocycles. The van der Waals surface area contributed by atoms with Gasteiger partial charge in [0, 0.05) is 26.7 Å². The molecule has 1 aliphatic rings. The van der Waals surface area contributed by atoms with Gasteiger partial charge in [0.25, 0.3) is 0 Å². The first-order valence-electron chi connectivity index (χ1n) is 7.20. The lowest BCUT2D eigenvalue weighted by molar-refractivity contribution is -0.137. The van der Waals surface area contributed by atoms with E-state index in [2.05, 4.69) is 5.32 Å². The van der Waals surface area contributed by atoms with Gasteiger partial charge in [0.05, 0.1) is 5.56 Å². The summed E-state index contributed by atoms with van der Waals surface area (Å²) < 4.78 is 37.8. The van der Waals surface area contributed by atoms with Crippen molar-refractivity contribution in [2.24, 2.45) is 0 Å². The molecule has 23 heavy (non-hydrogen) atoms. The molecule has 8 heteroatoms. The maximum absolute atomic E-state index is 12.6. The Morgan fingerprint density at radius 1 is 1.30 bits per heavy atom. The smallest absolute Gasteiger partial charge is 0.354 e. The number of rotatable bonds is 5. The Hall–Kier alpha value is -2.25. The van der Waals surface area contributed by atoms with E-state index < -0.39 is 11.7 Å². The number of alkyl halides is 3. The van der Waals surface area contributed by atoms with Crippen LogP contribution in [0.4, 0.5) is 18.0 Å². The molecular weight excluding hydrogens is 311 g/mol. The number of hydrogen-bond donors (Lipinski definition) is 1. The predicted octanol–water partition coefficient (Wildman–Crippen LogP) is 1.73. The number of halogens is 3. The second-order valence-electron chi connectivity index (χ2n) is 5.42. The highest BCUT2D eigenvalue weighted by atomic mass is 19.4. The van der Waals surface area contributed by atoms with Crippen LogP contribution in [-0.4, -0.2) is 55.0 Å². The van der Waals surface area contributed by atoms with Gasteiger partial charge in [-0.2, -0.15) is 13.2 Å². The van der Waals surface area contributed by atoms with E-state index in [1.807, 2.05) is 0 Å². The van der Waals surface area contributed by atoms with E-state index in [-0.39, 0.29) is 25.0 Å². The third-order valence-electron chi connectivity index (χ3n) is 3.63. The van der Waals surface area contributed by atoms with Gasteiger partial charge in [-0.1, -0.05) is 18.2 Å². The molecule has 1 aliphatic heterocycles. The highest BCUT2D eigenvalue weighted by Crippen LogP contribution is 2.29. The summed E-state index contributed by atoms with van der Waals surface area (Å²) in [7, 11) is 1.66. The van der Waals surface area contributed by atoms with E-state index >= 15 is 0 Å². The molecule has 0 unspecified atom stereocenters. The van der Waals surface area contributed by atoms with Crippen LogP contribution in [0.5, 0.6) is 0 Å². The maximum Gasteiger partial charge on any atom is 0.416 e. The van der Waals surface area contributed by atoms with Crippen molar-refractivity contribution >= 4 is 11.9 Å². The third-order valence-corrected chi connectivity index (χ3v) is 3.63. The summed E-state index contributed by atoms with van der Waals surface area (Å²) in [5.41, 5.74) is -0.205. The van der Waals surface area contributed by atoms with Gasteiger partial charge in [-0.15, -0.1) is 0 Å². The van der Waals surface area contributed by atoms with Crippen LogP contribution in [0.3, 0.4) is 0 Å². The van der Waals surface area contributed by atoms with Crippen LogP contribution in [-0.2, 0) is 17.4 Å². The number of nitrogens with one attached hydrogen (secondary N) is 1. The molecule has 1 aromatic rings. The van der Waals surface area contributed by atoms with Crippen molar-refractivity contribution in [2.75, 3.05) is 33.2 Å². The first-order valence-corrected chi connectivity index (χ1v) is 7.20. The molecule has 126 valence electrons. The molecule has 2 rings (SSSR count). The second kappa shape index (κ2) is 6.89. The van der Waals surface area contributed by atoms with Crippen molar-refractivity contribution in [3.63, 3.8) is 0 Å². The van der Waals surface area contributed by atoms with Crippen LogP contribution in [0.2, 0.25) is 0 Å². The van der Waals surface area contributed by atoms with Crippen LogP contribution < -0.4 is 5.32 Å². The first-order chi connectivity index (χ1) is 10.8. The van der Waals surface area contributed by atoms with Crippen LogP contribution >= 0.6 is 0 Å². The third kappa shape index (κ3) is 4.61. The standard InChI is InChI=1S/C15H18F3N3O2/c1-20-7-8-21(14(20)23)10-13(22)19-6-5-11-3-2-4-12(9-11)15(16,17)18/h2-4,9H,5-8,10H2,1H3,(H,19,22).